The molecule has 0 radical (unpaired) electrons. The Labute approximate surface area is 427 Å². The highest BCUT2D eigenvalue weighted by atomic mass is 16.3. The Morgan fingerprint density at radius 1 is 0.479 bits per heavy atom. The molecule has 0 bridgehead atoms. The van der Waals surface area contributed by atoms with Gasteiger partial charge in [0.15, 0.2) is 5.58 Å². The lowest BCUT2D eigenvalue weighted by atomic mass is 9.33. The third-order valence-electron chi connectivity index (χ3n) is 17.8. The molecule has 0 amide bonds. The molecule has 3 aliphatic heterocycles. The summed E-state index contributed by atoms with van der Waals surface area (Å²) >= 11 is 0. The summed E-state index contributed by atoms with van der Waals surface area (Å²) in [5.41, 5.74) is 23.1. The van der Waals surface area contributed by atoms with Crippen LogP contribution >= 0.6 is 0 Å². The van der Waals surface area contributed by atoms with E-state index in [-0.39, 0.29) is 23.1 Å². The molecule has 2 aromatic heterocycles. The fourth-order valence-electron chi connectivity index (χ4n) is 14.0. The van der Waals surface area contributed by atoms with Gasteiger partial charge in [-0.25, -0.2) is 0 Å². The van der Waals surface area contributed by atoms with E-state index >= 15 is 0 Å². The van der Waals surface area contributed by atoms with Crippen molar-refractivity contribution < 1.29 is 8.83 Å². The van der Waals surface area contributed by atoms with Gasteiger partial charge in [0.25, 0.3) is 6.71 Å². The molecule has 73 heavy (non-hydrogen) atoms. The van der Waals surface area contributed by atoms with E-state index < -0.39 is 0 Å². The zero-order chi connectivity index (χ0) is 49.1. The Hall–Kier alpha value is -7.96. The van der Waals surface area contributed by atoms with Crippen LogP contribution in [0.2, 0.25) is 0 Å². The van der Waals surface area contributed by atoms with E-state index in [0.29, 0.717) is 0 Å². The number of rotatable bonds is 4. The molecule has 1 fully saturated rings. The molecule has 6 heteroatoms. The topological polar surface area (TPSA) is 36.0 Å². The number of para-hydroxylation sites is 3. The first-order valence-electron chi connectivity index (χ1n) is 26.3. The summed E-state index contributed by atoms with van der Waals surface area (Å²) < 4.78 is 13.6. The second-order valence-electron chi connectivity index (χ2n) is 22.9. The zero-order valence-corrected chi connectivity index (χ0v) is 42.4. The highest BCUT2D eigenvalue weighted by Gasteiger charge is 2.58. The molecule has 0 saturated heterocycles. The monoisotopic (exact) mass is 945 g/mol. The van der Waals surface area contributed by atoms with Crippen LogP contribution in [0.5, 0.6) is 0 Å². The van der Waals surface area contributed by atoms with Gasteiger partial charge in [-0.3, -0.25) is 0 Å². The van der Waals surface area contributed by atoms with Crippen LogP contribution in [0.3, 0.4) is 0 Å². The molecular weight excluding hydrogens is 890 g/mol. The van der Waals surface area contributed by atoms with Crippen molar-refractivity contribution in [2.75, 3.05) is 14.7 Å². The number of nitrogens with zero attached hydrogens (tertiary/aromatic N) is 3. The Balaban J connectivity index is 1.02. The highest BCUT2D eigenvalue weighted by molar-refractivity contribution is 7.00. The van der Waals surface area contributed by atoms with Gasteiger partial charge in [-0.2, -0.15) is 0 Å². The summed E-state index contributed by atoms with van der Waals surface area (Å²) in [6.45, 7) is 14.3. The van der Waals surface area contributed by atoms with Gasteiger partial charge in [0.2, 0.25) is 0 Å². The van der Waals surface area contributed by atoms with Gasteiger partial charge in [0.1, 0.15) is 16.7 Å². The predicted octanol–water partition coefficient (Wildman–Crippen LogP) is 16.6. The summed E-state index contributed by atoms with van der Waals surface area (Å²) in [6.07, 6.45) is 4.75. The van der Waals surface area contributed by atoms with Crippen molar-refractivity contribution in [1.29, 1.82) is 0 Å². The zero-order valence-electron chi connectivity index (χ0n) is 42.4. The number of hydrogen-bond donors (Lipinski definition) is 0. The SMILES string of the molecule is Cc1cc2c3c(c1)N(c1cccc4c1oc1ccccc14)c1cc(N4c5ccc(C(C)(C)C)cc5C5(C)CCCCC45C)ccc1B3c1cc(-c3ccccc3)ccc1N2c1ccc2c(c1)oc1ccccc12. The lowest BCUT2D eigenvalue weighted by Crippen LogP contribution is -2.61. The molecule has 1 aliphatic carbocycles. The highest BCUT2D eigenvalue weighted by Crippen LogP contribution is 2.62. The van der Waals surface area contributed by atoms with Gasteiger partial charge < -0.3 is 23.5 Å². The molecule has 0 N–H and O–H groups in total. The lowest BCUT2D eigenvalue weighted by molar-refractivity contribution is 0.195. The fraction of sp³-hybridized carbons (Fsp3) is 0.194. The lowest BCUT2D eigenvalue weighted by Gasteiger charge is -2.50. The maximum atomic E-state index is 7.01. The van der Waals surface area contributed by atoms with Crippen LogP contribution in [0, 0.1) is 6.92 Å². The van der Waals surface area contributed by atoms with Crippen molar-refractivity contribution in [3.63, 3.8) is 0 Å². The van der Waals surface area contributed by atoms with E-state index in [1.807, 2.05) is 6.07 Å². The summed E-state index contributed by atoms with van der Waals surface area (Å²) in [4.78, 5) is 7.81. The minimum atomic E-state index is -0.123. The third-order valence-corrected chi connectivity index (χ3v) is 17.8. The number of fused-ring (bicyclic) bond motifs is 13. The predicted molar refractivity (Wildman–Crippen MR) is 307 cm³/mol. The van der Waals surface area contributed by atoms with Crippen LogP contribution in [-0.2, 0) is 10.8 Å². The van der Waals surface area contributed by atoms with Crippen LogP contribution in [0.4, 0.5) is 45.5 Å². The van der Waals surface area contributed by atoms with E-state index in [9.17, 15) is 0 Å². The van der Waals surface area contributed by atoms with E-state index in [1.165, 1.54) is 91.9 Å². The van der Waals surface area contributed by atoms with Gasteiger partial charge in [-0.05, 0) is 143 Å². The van der Waals surface area contributed by atoms with E-state index in [4.69, 9.17) is 8.83 Å². The number of furan rings is 2. The maximum absolute atomic E-state index is 7.01. The fourth-order valence-corrected chi connectivity index (χ4v) is 14.0. The molecule has 2 unspecified atom stereocenters. The maximum Gasteiger partial charge on any atom is 0.252 e. The summed E-state index contributed by atoms with van der Waals surface area (Å²) in [5, 5.41) is 4.48. The summed E-state index contributed by atoms with van der Waals surface area (Å²) in [6, 6.07) is 68.0. The minimum Gasteiger partial charge on any atom is -0.456 e. The van der Waals surface area contributed by atoms with Crippen molar-refractivity contribution in [2.24, 2.45) is 0 Å². The number of benzene rings is 9. The third kappa shape index (κ3) is 5.92. The van der Waals surface area contributed by atoms with E-state index in [2.05, 4.69) is 232 Å². The molecule has 2 atom stereocenters. The molecular formula is C67H56BN3O2. The van der Waals surface area contributed by atoms with Crippen LogP contribution in [0.15, 0.2) is 191 Å². The largest absolute Gasteiger partial charge is 0.456 e. The first-order valence-corrected chi connectivity index (χ1v) is 26.3. The molecule has 5 heterocycles. The Bertz CT molecular complexity index is 4120. The van der Waals surface area contributed by atoms with Gasteiger partial charge >= 0.3 is 0 Å². The van der Waals surface area contributed by atoms with Gasteiger partial charge in [0.05, 0.1) is 11.2 Å². The second-order valence-corrected chi connectivity index (χ2v) is 22.9. The van der Waals surface area contributed by atoms with Crippen LogP contribution < -0.4 is 31.1 Å². The van der Waals surface area contributed by atoms with Crippen molar-refractivity contribution in [3.8, 4) is 11.1 Å². The smallest absolute Gasteiger partial charge is 0.252 e. The second kappa shape index (κ2) is 15.1. The van der Waals surface area contributed by atoms with Crippen LogP contribution in [-0.4, -0.2) is 12.3 Å². The average Bonchev–Trinajstić information content (AvgIpc) is 4.04. The number of hydrogen-bond acceptors (Lipinski definition) is 5. The first kappa shape index (κ1) is 42.7. The summed E-state index contributed by atoms with van der Waals surface area (Å²) in [7, 11) is 0. The molecule has 354 valence electrons. The average molecular weight is 946 g/mol. The van der Waals surface area contributed by atoms with E-state index in [1.54, 1.807) is 0 Å². The molecule has 0 spiro atoms. The molecule has 15 rings (SSSR count). The van der Waals surface area contributed by atoms with Gasteiger partial charge in [-0.15, -0.1) is 0 Å². The molecule has 9 aromatic carbocycles. The summed E-state index contributed by atoms with van der Waals surface area (Å²) in [5.74, 6) is 0. The molecule has 4 aliphatic rings. The Morgan fingerprint density at radius 2 is 1.16 bits per heavy atom. The standard InChI is InChI=1S/C67H56BN3O2/c1-41-35-58-63-59(36-41)70(56-22-16-21-50-48-20-11-13-24-61(48)73-64(50)56)57-39-46(71-54-32-26-44(65(2,3)4)38-51(54)66(5)33-14-15-34-67(66,71)6)28-30-52(57)68(63)53-37-43(42-17-8-7-9-18-42)25-31-55(53)69(58)45-27-29-49-47-19-10-12-23-60(47)72-62(49)40-45/h7-13,16-32,35-40H,14-15,33-34H2,1-6H3. The van der Waals surface area contributed by atoms with Gasteiger partial charge in [-0.1, -0.05) is 150 Å². The molecule has 5 nitrogen and oxygen atoms in total. The van der Waals surface area contributed by atoms with Crippen molar-refractivity contribution in [2.45, 2.75) is 83.6 Å². The van der Waals surface area contributed by atoms with Crippen LogP contribution in [0.25, 0.3) is 55.0 Å². The van der Waals surface area contributed by atoms with Gasteiger partial charge in [0, 0.05) is 72.8 Å². The Kier molecular flexibility index (Phi) is 8.80. The molecule has 11 aromatic rings. The molecule has 1 saturated carbocycles. The number of anilines is 8. The quantitative estimate of drug-likeness (QED) is 0.164. The normalized spacial score (nSPS) is 18.9. The minimum absolute atomic E-state index is 0.0130. The van der Waals surface area contributed by atoms with Crippen molar-refractivity contribution in [3.05, 3.63) is 199 Å². The van der Waals surface area contributed by atoms with E-state index in [0.717, 1.165) is 67.4 Å². The first-order chi connectivity index (χ1) is 35.5. The number of aryl methyl sites for hydroxylation is 1. The van der Waals surface area contributed by atoms with Crippen molar-refractivity contribution >= 4 is 112 Å². The van der Waals surface area contributed by atoms with Crippen molar-refractivity contribution in [1.82, 2.24) is 0 Å². The van der Waals surface area contributed by atoms with Crippen LogP contribution in [0.1, 0.15) is 77.0 Å². The Morgan fingerprint density at radius 3 is 1.97 bits per heavy atom.